The Bertz CT molecular complexity index is 440. The van der Waals surface area contributed by atoms with Gasteiger partial charge in [-0.25, -0.2) is 0 Å². The summed E-state index contributed by atoms with van der Waals surface area (Å²) in [5, 5.41) is 14.5. The van der Waals surface area contributed by atoms with Crippen molar-refractivity contribution in [3.63, 3.8) is 0 Å². The third-order valence-corrected chi connectivity index (χ3v) is 2.77. The average molecular weight is 296 g/mol. The molecule has 4 nitrogen and oxygen atoms in total. The van der Waals surface area contributed by atoms with E-state index in [9.17, 15) is 4.79 Å². The maximum absolute atomic E-state index is 11.3. The van der Waals surface area contributed by atoms with E-state index in [2.05, 4.69) is 32.6 Å². The van der Waals surface area contributed by atoms with Gasteiger partial charge < -0.3 is 10.6 Å². The Balaban J connectivity index is 2.50. The quantitative estimate of drug-likeness (QED) is 0.876. The van der Waals surface area contributed by atoms with Crippen molar-refractivity contribution in [1.29, 1.82) is 5.26 Å². The number of hydrogen-bond acceptors (Lipinski definition) is 3. The number of halogens is 1. The average Bonchev–Trinajstić information content (AvgIpc) is 2.34. The molecule has 0 heterocycles. The molecular formula is C12H14BrN3O. The summed E-state index contributed by atoms with van der Waals surface area (Å²) in [6.45, 7) is 2.93. The van der Waals surface area contributed by atoms with Gasteiger partial charge in [0.05, 0.1) is 12.1 Å². The third-order valence-electron chi connectivity index (χ3n) is 2.11. The second-order valence-electron chi connectivity index (χ2n) is 3.51. The second-order valence-corrected chi connectivity index (χ2v) is 4.36. The van der Waals surface area contributed by atoms with Crippen molar-refractivity contribution in [2.45, 2.75) is 13.3 Å². The summed E-state index contributed by atoms with van der Waals surface area (Å²) in [7, 11) is 0. The topological polar surface area (TPSA) is 64.9 Å². The van der Waals surface area contributed by atoms with Crippen molar-refractivity contribution < 1.29 is 4.79 Å². The number of nitrogens with zero attached hydrogens (tertiary/aromatic N) is 1. The molecule has 0 aliphatic rings. The first-order chi connectivity index (χ1) is 8.17. The first kappa shape index (κ1) is 13.5. The molecule has 5 heteroatoms. The summed E-state index contributed by atoms with van der Waals surface area (Å²) in [4.78, 5) is 11.3. The van der Waals surface area contributed by atoms with E-state index in [0.717, 1.165) is 16.6 Å². The third kappa shape index (κ3) is 4.45. The molecule has 1 aromatic rings. The Hall–Kier alpha value is -1.54. The summed E-state index contributed by atoms with van der Waals surface area (Å²) in [5.74, 6) is -0.0349. The van der Waals surface area contributed by atoms with Crippen molar-refractivity contribution in [2.75, 3.05) is 18.4 Å². The number of carbonyl (C=O) groups excluding carboxylic acids is 1. The van der Waals surface area contributed by atoms with Gasteiger partial charge in [0.2, 0.25) is 5.91 Å². The predicted octanol–water partition coefficient (Wildman–Crippen LogP) is 2.26. The fraction of sp³-hybridized carbons (Fsp3) is 0.333. The molecular weight excluding hydrogens is 282 g/mol. The van der Waals surface area contributed by atoms with E-state index in [1.54, 1.807) is 18.2 Å². The fourth-order valence-electron chi connectivity index (χ4n) is 1.22. The first-order valence-corrected chi connectivity index (χ1v) is 6.17. The van der Waals surface area contributed by atoms with Gasteiger partial charge in [-0.05, 0) is 40.5 Å². The number of benzene rings is 1. The van der Waals surface area contributed by atoms with Gasteiger partial charge in [-0.3, -0.25) is 4.79 Å². The highest BCUT2D eigenvalue weighted by atomic mass is 79.9. The van der Waals surface area contributed by atoms with Gasteiger partial charge in [-0.1, -0.05) is 6.92 Å². The smallest absolute Gasteiger partial charge is 0.239 e. The molecule has 0 aliphatic heterocycles. The molecule has 0 fully saturated rings. The van der Waals surface area contributed by atoms with Crippen LogP contribution in [0.15, 0.2) is 22.7 Å². The molecule has 0 aromatic heterocycles. The standard InChI is InChI=1S/C12H14BrN3O/c1-2-5-15-12(17)8-16-10-4-3-9(7-14)11(13)6-10/h3-4,6,16H,2,5,8H2,1H3,(H,15,17). The Labute approximate surface area is 109 Å². The minimum atomic E-state index is -0.0349. The molecule has 0 unspecified atom stereocenters. The van der Waals surface area contributed by atoms with E-state index in [4.69, 9.17) is 5.26 Å². The monoisotopic (exact) mass is 295 g/mol. The molecule has 0 saturated heterocycles. The summed E-state index contributed by atoms with van der Waals surface area (Å²) in [5.41, 5.74) is 1.38. The molecule has 0 radical (unpaired) electrons. The Kier molecular flexibility index (Phi) is 5.50. The molecule has 1 amide bonds. The molecule has 90 valence electrons. The zero-order chi connectivity index (χ0) is 12.7. The Morgan fingerprint density at radius 1 is 1.53 bits per heavy atom. The van der Waals surface area contributed by atoms with E-state index in [0.29, 0.717) is 12.1 Å². The van der Waals surface area contributed by atoms with Crippen molar-refractivity contribution >= 4 is 27.5 Å². The Morgan fingerprint density at radius 3 is 2.88 bits per heavy atom. The second kappa shape index (κ2) is 6.92. The maximum atomic E-state index is 11.3. The van der Waals surface area contributed by atoms with Gasteiger partial charge >= 0.3 is 0 Å². The lowest BCUT2D eigenvalue weighted by Crippen LogP contribution is -2.30. The van der Waals surface area contributed by atoms with E-state index in [1.807, 2.05) is 6.92 Å². The van der Waals surface area contributed by atoms with Crippen LogP contribution in [0.25, 0.3) is 0 Å². The number of carbonyl (C=O) groups is 1. The summed E-state index contributed by atoms with van der Waals surface area (Å²) in [6.07, 6.45) is 0.925. The predicted molar refractivity (Wildman–Crippen MR) is 70.6 cm³/mol. The molecule has 1 aromatic carbocycles. The highest BCUT2D eigenvalue weighted by molar-refractivity contribution is 9.10. The van der Waals surface area contributed by atoms with Crippen LogP contribution in [0, 0.1) is 11.3 Å². The van der Waals surface area contributed by atoms with Crippen LogP contribution in [0.1, 0.15) is 18.9 Å². The SMILES string of the molecule is CCCNC(=O)CNc1ccc(C#N)c(Br)c1. The van der Waals surface area contributed by atoms with Gasteiger partial charge in [0.25, 0.3) is 0 Å². The van der Waals surface area contributed by atoms with Crippen molar-refractivity contribution in [2.24, 2.45) is 0 Å². The number of rotatable bonds is 5. The molecule has 0 saturated carbocycles. The molecule has 0 aliphatic carbocycles. The van der Waals surface area contributed by atoms with Crippen LogP contribution in [0.3, 0.4) is 0 Å². The lowest BCUT2D eigenvalue weighted by atomic mass is 10.2. The Morgan fingerprint density at radius 2 is 2.29 bits per heavy atom. The van der Waals surface area contributed by atoms with Crippen molar-refractivity contribution in [1.82, 2.24) is 5.32 Å². The molecule has 0 spiro atoms. The normalized spacial score (nSPS) is 9.47. The number of nitrogens with one attached hydrogen (secondary N) is 2. The molecule has 17 heavy (non-hydrogen) atoms. The maximum Gasteiger partial charge on any atom is 0.239 e. The van der Waals surface area contributed by atoms with Gasteiger partial charge in [-0.15, -0.1) is 0 Å². The molecule has 1 rings (SSSR count). The van der Waals surface area contributed by atoms with Crippen LogP contribution in [0.5, 0.6) is 0 Å². The van der Waals surface area contributed by atoms with Crippen LogP contribution in [0.4, 0.5) is 5.69 Å². The van der Waals surface area contributed by atoms with Crippen LogP contribution < -0.4 is 10.6 Å². The minimum Gasteiger partial charge on any atom is -0.376 e. The number of nitriles is 1. The first-order valence-electron chi connectivity index (χ1n) is 5.37. The van der Waals surface area contributed by atoms with Crippen LogP contribution in [-0.4, -0.2) is 19.0 Å². The lowest BCUT2D eigenvalue weighted by molar-refractivity contribution is -0.119. The molecule has 2 N–H and O–H groups in total. The van der Waals surface area contributed by atoms with E-state index in [-0.39, 0.29) is 12.5 Å². The van der Waals surface area contributed by atoms with Crippen LogP contribution in [0.2, 0.25) is 0 Å². The number of hydrogen-bond donors (Lipinski definition) is 2. The van der Waals surface area contributed by atoms with E-state index < -0.39 is 0 Å². The lowest BCUT2D eigenvalue weighted by Gasteiger charge is -2.07. The van der Waals surface area contributed by atoms with Crippen molar-refractivity contribution in [3.8, 4) is 6.07 Å². The molecule has 0 atom stereocenters. The minimum absolute atomic E-state index is 0.0349. The van der Waals surface area contributed by atoms with E-state index in [1.165, 1.54) is 0 Å². The van der Waals surface area contributed by atoms with Gasteiger partial charge in [0.1, 0.15) is 6.07 Å². The van der Waals surface area contributed by atoms with Gasteiger partial charge in [-0.2, -0.15) is 5.26 Å². The van der Waals surface area contributed by atoms with Crippen molar-refractivity contribution in [3.05, 3.63) is 28.2 Å². The fourth-order valence-corrected chi connectivity index (χ4v) is 1.69. The largest absolute Gasteiger partial charge is 0.376 e. The zero-order valence-corrected chi connectivity index (χ0v) is 11.2. The summed E-state index contributed by atoms with van der Waals surface area (Å²) < 4.78 is 0.721. The number of anilines is 1. The van der Waals surface area contributed by atoms with Gasteiger partial charge in [0.15, 0.2) is 0 Å². The summed E-state index contributed by atoms with van der Waals surface area (Å²) in [6, 6.07) is 7.32. The summed E-state index contributed by atoms with van der Waals surface area (Å²) >= 11 is 3.29. The van der Waals surface area contributed by atoms with Crippen LogP contribution in [-0.2, 0) is 4.79 Å². The van der Waals surface area contributed by atoms with Gasteiger partial charge in [0, 0.05) is 16.7 Å². The van der Waals surface area contributed by atoms with Crippen LogP contribution >= 0.6 is 15.9 Å². The highest BCUT2D eigenvalue weighted by Crippen LogP contribution is 2.20. The number of amides is 1. The zero-order valence-electron chi connectivity index (χ0n) is 9.59. The van der Waals surface area contributed by atoms with E-state index >= 15 is 0 Å². The molecule has 0 bridgehead atoms. The highest BCUT2D eigenvalue weighted by Gasteiger charge is 2.02.